The molecule has 0 amide bonds. The summed E-state index contributed by atoms with van der Waals surface area (Å²) in [5.41, 5.74) is 0.395. The molecule has 1 N–H and O–H groups in total. The summed E-state index contributed by atoms with van der Waals surface area (Å²) in [6.45, 7) is 5.63. The van der Waals surface area contributed by atoms with Crippen LogP contribution >= 0.6 is 11.3 Å². The first-order valence-corrected chi connectivity index (χ1v) is 6.17. The molecule has 0 aliphatic rings. The Morgan fingerprint density at radius 2 is 2.14 bits per heavy atom. The SMILES string of the molecule is CCC(CC)(CNC)Cc1nccs1. The van der Waals surface area contributed by atoms with Crippen molar-refractivity contribution in [2.75, 3.05) is 13.6 Å². The Morgan fingerprint density at radius 1 is 1.43 bits per heavy atom. The van der Waals surface area contributed by atoms with Crippen LogP contribution in [0, 0.1) is 5.41 Å². The molecule has 0 saturated heterocycles. The fourth-order valence-electron chi connectivity index (χ4n) is 1.85. The lowest BCUT2D eigenvalue weighted by molar-refractivity contribution is 0.253. The Hall–Kier alpha value is -0.410. The molecule has 0 aliphatic heterocycles. The van der Waals surface area contributed by atoms with Crippen LogP contribution in [-0.2, 0) is 6.42 Å². The molecule has 0 fully saturated rings. The zero-order valence-electron chi connectivity index (χ0n) is 9.34. The van der Waals surface area contributed by atoms with Gasteiger partial charge in [0.1, 0.15) is 0 Å². The average molecular weight is 212 g/mol. The molecule has 1 heterocycles. The van der Waals surface area contributed by atoms with Crippen LogP contribution in [-0.4, -0.2) is 18.6 Å². The molecule has 0 bridgehead atoms. The van der Waals surface area contributed by atoms with E-state index in [0.29, 0.717) is 5.41 Å². The summed E-state index contributed by atoms with van der Waals surface area (Å²) in [5, 5.41) is 6.63. The number of thiazole rings is 1. The van der Waals surface area contributed by atoms with E-state index in [1.807, 2.05) is 13.2 Å². The highest BCUT2D eigenvalue weighted by atomic mass is 32.1. The lowest BCUT2D eigenvalue weighted by Crippen LogP contribution is -2.33. The van der Waals surface area contributed by atoms with Gasteiger partial charge in [-0.1, -0.05) is 13.8 Å². The van der Waals surface area contributed by atoms with Gasteiger partial charge in [-0.25, -0.2) is 4.98 Å². The van der Waals surface area contributed by atoms with E-state index in [9.17, 15) is 0 Å². The minimum atomic E-state index is 0.395. The van der Waals surface area contributed by atoms with Crippen LogP contribution in [0.4, 0.5) is 0 Å². The van der Waals surface area contributed by atoms with Gasteiger partial charge in [0, 0.05) is 24.5 Å². The smallest absolute Gasteiger partial charge is 0.0930 e. The molecule has 0 atom stereocenters. The molecule has 1 aromatic rings. The topological polar surface area (TPSA) is 24.9 Å². The van der Waals surface area contributed by atoms with Crippen molar-refractivity contribution >= 4 is 11.3 Å². The van der Waals surface area contributed by atoms with Crippen LogP contribution in [0.1, 0.15) is 31.7 Å². The van der Waals surface area contributed by atoms with Crippen LogP contribution in [0.15, 0.2) is 11.6 Å². The van der Waals surface area contributed by atoms with E-state index >= 15 is 0 Å². The molecule has 0 aromatic carbocycles. The maximum absolute atomic E-state index is 4.37. The molecular formula is C11H20N2S. The molecule has 2 nitrogen and oxygen atoms in total. The molecule has 14 heavy (non-hydrogen) atoms. The highest BCUT2D eigenvalue weighted by molar-refractivity contribution is 7.09. The number of hydrogen-bond donors (Lipinski definition) is 1. The van der Waals surface area contributed by atoms with Crippen molar-refractivity contribution in [1.82, 2.24) is 10.3 Å². The Kier molecular flexibility index (Phi) is 4.55. The third kappa shape index (κ3) is 2.79. The lowest BCUT2D eigenvalue weighted by Gasteiger charge is -2.30. The monoisotopic (exact) mass is 212 g/mol. The highest BCUT2D eigenvalue weighted by Crippen LogP contribution is 2.30. The Morgan fingerprint density at radius 3 is 2.57 bits per heavy atom. The minimum absolute atomic E-state index is 0.395. The van der Waals surface area contributed by atoms with Gasteiger partial charge in [0.25, 0.3) is 0 Å². The van der Waals surface area contributed by atoms with Gasteiger partial charge in [-0.3, -0.25) is 0 Å². The van der Waals surface area contributed by atoms with E-state index in [1.54, 1.807) is 11.3 Å². The molecule has 3 heteroatoms. The van der Waals surface area contributed by atoms with Crippen molar-refractivity contribution in [3.63, 3.8) is 0 Å². The zero-order chi connectivity index (χ0) is 10.4. The maximum atomic E-state index is 4.37. The largest absolute Gasteiger partial charge is 0.319 e. The van der Waals surface area contributed by atoms with E-state index in [0.717, 1.165) is 13.0 Å². The third-order valence-corrected chi connectivity index (χ3v) is 3.84. The van der Waals surface area contributed by atoms with Crippen molar-refractivity contribution in [2.24, 2.45) is 5.41 Å². The maximum Gasteiger partial charge on any atom is 0.0930 e. The number of nitrogens with one attached hydrogen (secondary N) is 1. The van der Waals surface area contributed by atoms with E-state index < -0.39 is 0 Å². The normalized spacial score (nSPS) is 11.9. The van der Waals surface area contributed by atoms with Crippen LogP contribution in [0.3, 0.4) is 0 Å². The summed E-state index contributed by atoms with van der Waals surface area (Å²) in [4.78, 5) is 4.37. The van der Waals surface area contributed by atoms with Crippen molar-refractivity contribution in [2.45, 2.75) is 33.1 Å². The minimum Gasteiger partial charge on any atom is -0.319 e. The molecule has 0 radical (unpaired) electrons. The predicted molar refractivity (Wildman–Crippen MR) is 62.8 cm³/mol. The molecule has 1 aromatic heterocycles. The number of aromatic nitrogens is 1. The molecule has 0 aliphatic carbocycles. The first-order chi connectivity index (χ1) is 6.76. The summed E-state index contributed by atoms with van der Waals surface area (Å²) >= 11 is 1.77. The highest BCUT2D eigenvalue weighted by Gasteiger charge is 2.26. The van der Waals surface area contributed by atoms with Gasteiger partial charge in [0.15, 0.2) is 0 Å². The summed E-state index contributed by atoms with van der Waals surface area (Å²) in [6.07, 6.45) is 5.43. The van der Waals surface area contributed by atoms with E-state index in [1.165, 1.54) is 17.8 Å². The van der Waals surface area contributed by atoms with Gasteiger partial charge in [0.2, 0.25) is 0 Å². The summed E-state index contributed by atoms with van der Waals surface area (Å²) in [7, 11) is 2.03. The Balaban J connectivity index is 2.67. The lowest BCUT2D eigenvalue weighted by atomic mass is 9.79. The van der Waals surface area contributed by atoms with Gasteiger partial charge in [-0.15, -0.1) is 11.3 Å². The number of rotatable bonds is 6. The average Bonchev–Trinajstić information content (AvgIpc) is 2.69. The van der Waals surface area contributed by atoms with Gasteiger partial charge in [-0.2, -0.15) is 0 Å². The molecule has 0 spiro atoms. The van der Waals surface area contributed by atoms with Crippen LogP contribution in [0.5, 0.6) is 0 Å². The van der Waals surface area contributed by atoms with Gasteiger partial charge >= 0.3 is 0 Å². The number of hydrogen-bond acceptors (Lipinski definition) is 3. The van der Waals surface area contributed by atoms with E-state index in [-0.39, 0.29) is 0 Å². The molecule has 1 rings (SSSR count). The zero-order valence-corrected chi connectivity index (χ0v) is 10.2. The fraction of sp³-hybridized carbons (Fsp3) is 0.727. The van der Waals surface area contributed by atoms with Crippen molar-refractivity contribution in [1.29, 1.82) is 0 Å². The van der Waals surface area contributed by atoms with Crippen LogP contribution in [0.2, 0.25) is 0 Å². The van der Waals surface area contributed by atoms with Crippen LogP contribution in [0.25, 0.3) is 0 Å². The Labute approximate surface area is 90.8 Å². The predicted octanol–water partition coefficient (Wildman–Crippen LogP) is 2.71. The Bertz CT molecular complexity index is 240. The van der Waals surface area contributed by atoms with Gasteiger partial charge in [-0.05, 0) is 25.3 Å². The van der Waals surface area contributed by atoms with Gasteiger partial charge < -0.3 is 5.32 Å². The molecule has 0 saturated carbocycles. The van der Waals surface area contributed by atoms with Crippen molar-refractivity contribution in [3.8, 4) is 0 Å². The van der Waals surface area contributed by atoms with Gasteiger partial charge in [0.05, 0.1) is 5.01 Å². The number of nitrogens with zero attached hydrogens (tertiary/aromatic N) is 1. The second-order valence-corrected chi connectivity index (χ2v) is 4.82. The second kappa shape index (κ2) is 5.47. The first-order valence-electron chi connectivity index (χ1n) is 5.29. The standard InChI is InChI=1S/C11H20N2S/c1-4-11(5-2,9-12-3)8-10-13-6-7-14-10/h6-7,12H,4-5,8-9H2,1-3H3. The van der Waals surface area contributed by atoms with Crippen molar-refractivity contribution in [3.05, 3.63) is 16.6 Å². The quantitative estimate of drug-likeness (QED) is 0.784. The first kappa shape index (κ1) is 11.7. The second-order valence-electron chi connectivity index (χ2n) is 3.84. The van der Waals surface area contributed by atoms with Crippen molar-refractivity contribution < 1.29 is 0 Å². The van der Waals surface area contributed by atoms with E-state index in [2.05, 4.69) is 29.5 Å². The van der Waals surface area contributed by atoms with E-state index in [4.69, 9.17) is 0 Å². The summed E-state index contributed by atoms with van der Waals surface area (Å²) in [6, 6.07) is 0. The molecular weight excluding hydrogens is 192 g/mol. The summed E-state index contributed by atoms with van der Waals surface area (Å²) in [5.74, 6) is 0. The summed E-state index contributed by atoms with van der Waals surface area (Å²) < 4.78 is 0. The third-order valence-electron chi connectivity index (χ3n) is 3.06. The molecule has 80 valence electrons. The fourth-order valence-corrected chi connectivity index (χ4v) is 2.64. The van der Waals surface area contributed by atoms with Crippen LogP contribution < -0.4 is 5.32 Å². The molecule has 0 unspecified atom stereocenters.